The van der Waals surface area contributed by atoms with Crippen LogP contribution in [0.2, 0.25) is 0 Å². The fourth-order valence-corrected chi connectivity index (χ4v) is 3.91. The van der Waals surface area contributed by atoms with E-state index in [9.17, 15) is 13.2 Å². The van der Waals surface area contributed by atoms with Gasteiger partial charge in [0.1, 0.15) is 9.84 Å². The van der Waals surface area contributed by atoms with Crippen LogP contribution in [0.1, 0.15) is 25.3 Å². The van der Waals surface area contributed by atoms with E-state index in [1.165, 1.54) is 6.26 Å². The predicted octanol–water partition coefficient (Wildman–Crippen LogP) is 1.63. The maximum atomic E-state index is 12.1. The second-order valence-electron chi connectivity index (χ2n) is 7.12. The fraction of sp³-hybridized carbons (Fsp3) is 0.588. The van der Waals surface area contributed by atoms with E-state index in [2.05, 4.69) is 6.92 Å². The summed E-state index contributed by atoms with van der Waals surface area (Å²) in [5, 5.41) is 0. The molecule has 0 bridgehead atoms. The average Bonchev–Trinajstić information content (AvgIpc) is 2.95. The van der Waals surface area contributed by atoms with Crippen LogP contribution in [0.15, 0.2) is 18.2 Å². The molecule has 0 radical (unpaired) electrons. The zero-order chi connectivity index (χ0) is 17.4. The molecular weight excluding hydrogens is 330 g/mol. The molecule has 0 aliphatic carbocycles. The number of hydrogen-bond acceptors (Lipinski definition) is 5. The number of ether oxygens (including phenoxy) is 2. The van der Waals surface area contributed by atoms with Gasteiger partial charge in [0.15, 0.2) is 11.5 Å². The van der Waals surface area contributed by atoms with Crippen molar-refractivity contribution in [3.05, 3.63) is 23.8 Å². The number of carbonyl (C=O) groups is 1. The fourth-order valence-electron chi connectivity index (χ4n) is 3.36. The summed E-state index contributed by atoms with van der Waals surface area (Å²) in [6, 6.07) is 5.93. The normalized spacial score (nSPS) is 23.6. The third-order valence-electron chi connectivity index (χ3n) is 4.67. The molecule has 24 heavy (non-hydrogen) atoms. The quantitative estimate of drug-likeness (QED) is 0.804. The first-order valence-electron chi connectivity index (χ1n) is 8.08. The van der Waals surface area contributed by atoms with E-state index < -0.39 is 9.84 Å². The lowest BCUT2D eigenvalue weighted by Gasteiger charge is -2.40. The van der Waals surface area contributed by atoms with Crippen LogP contribution >= 0.6 is 0 Å². The first kappa shape index (κ1) is 17.1. The summed E-state index contributed by atoms with van der Waals surface area (Å²) in [5.74, 6) is 1.58. The van der Waals surface area contributed by atoms with Gasteiger partial charge in [-0.1, -0.05) is 13.0 Å². The highest BCUT2D eigenvalue weighted by Gasteiger charge is 2.35. The number of rotatable bonds is 5. The number of likely N-dealkylation sites (tertiary alicyclic amines) is 1. The number of sulfone groups is 1. The number of fused-ring (bicyclic) bond motifs is 1. The molecule has 7 heteroatoms. The Labute approximate surface area is 142 Å². The Hall–Kier alpha value is -1.76. The van der Waals surface area contributed by atoms with Crippen LogP contribution in [-0.4, -0.2) is 51.1 Å². The summed E-state index contributed by atoms with van der Waals surface area (Å²) < 4.78 is 33.5. The van der Waals surface area contributed by atoms with Gasteiger partial charge >= 0.3 is 0 Å². The molecule has 1 atom stereocenters. The number of amides is 1. The summed E-state index contributed by atoms with van der Waals surface area (Å²) in [6.07, 6.45) is 3.28. The Morgan fingerprint density at radius 3 is 2.75 bits per heavy atom. The summed E-state index contributed by atoms with van der Waals surface area (Å²) >= 11 is 0. The van der Waals surface area contributed by atoms with Crippen molar-refractivity contribution in [3.63, 3.8) is 0 Å². The molecule has 3 rings (SSSR count). The van der Waals surface area contributed by atoms with Gasteiger partial charge < -0.3 is 14.4 Å². The Morgan fingerprint density at radius 2 is 2.00 bits per heavy atom. The minimum absolute atomic E-state index is 0.0127. The van der Waals surface area contributed by atoms with Crippen molar-refractivity contribution in [1.82, 2.24) is 4.90 Å². The summed E-state index contributed by atoms with van der Waals surface area (Å²) in [4.78, 5) is 13.8. The number of piperidine rings is 1. The SMILES string of the molecule is CC1(Cc2ccc3c(c2)OCO3)CCC(=O)N(CCS(C)(=O)=O)C1. The lowest BCUT2D eigenvalue weighted by molar-refractivity contribution is -0.136. The molecule has 1 aromatic carbocycles. The summed E-state index contributed by atoms with van der Waals surface area (Å²) in [7, 11) is -3.07. The summed E-state index contributed by atoms with van der Waals surface area (Å²) in [5.41, 5.74) is 1.07. The molecular formula is C17H23NO5S. The van der Waals surface area contributed by atoms with Gasteiger partial charge in [-0.05, 0) is 36.0 Å². The Balaban J connectivity index is 1.69. The van der Waals surface area contributed by atoms with Gasteiger partial charge in [-0.15, -0.1) is 0 Å². The van der Waals surface area contributed by atoms with Crippen LogP contribution in [0, 0.1) is 5.41 Å². The molecule has 0 aromatic heterocycles. The van der Waals surface area contributed by atoms with Crippen LogP contribution in [0.25, 0.3) is 0 Å². The molecule has 6 nitrogen and oxygen atoms in total. The van der Waals surface area contributed by atoms with Gasteiger partial charge in [0.2, 0.25) is 12.7 Å². The van der Waals surface area contributed by atoms with Gasteiger partial charge in [-0.3, -0.25) is 4.79 Å². The van der Waals surface area contributed by atoms with Crippen LogP contribution in [-0.2, 0) is 21.1 Å². The van der Waals surface area contributed by atoms with Crippen molar-refractivity contribution >= 4 is 15.7 Å². The number of benzene rings is 1. The lowest BCUT2D eigenvalue weighted by atomic mass is 9.76. The van der Waals surface area contributed by atoms with E-state index in [0.717, 1.165) is 29.9 Å². The molecule has 1 amide bonds. The molecule has 0 spiro atoms. The average molecular weight is 353 g/mol. The minimum atomic E-state index is -3.07. The van der Waals surface area contributed by atoms with E-state index in [1.54, 1.807) is 4.90 Å². The Bertz CT molecular complexity index is 745. The molecule has 0 saturated carbocycles. The number of hydrogen-bond donors (Lipinski definition) is 0. The van der Waals surface area contributed by atoms with Gasteiger partial charge in [-0.25, -0.2) is 8.42 Å². The first-order valence-corrected chi connectivity index (χ1v) is 10.1. The zero-order valence-electron chi connectivity index (χ0n) is 14.1. The van der Waals surface area contributed by atoms with Crippen molar-refractivity contribution in [2.75, 3.05) is 31.9 Å². The molecule has 2 aliphatic heterocycles. The molecule has 1 saturated heterocycles. The van der Waals surface area contributed by atoms with Gasteiger partial charge in [0, 0.05) is 25.8 Å². The largest absolute Gasteiger partial charge is 0.454 e. The van der Waals surface area contributed by atoms with Crippen molar-refractivity contribution in [2.24, 2.45) is 5.41 Å². The number of nitrogens with zero attached hydrogens (tertiary/aromatic N) is 1. The molecule has 0 N–H and O–H groups in total. The second kappa shape index (κ2) is 6.27. The molecule has 1 fully saturated rings. The molecule has 2 aliphatic rings. The monoisotopic (exact) mass is 353 g/mol. The molecule has 2 heterocycles. The van der Waals surface area contributed by atoms with E-state index >= 15 is 0 Å². The third-order valence-corrected chi connectivity index (χ3v) is 5.59. The maximum Gasteiger partial charge on any atom is 0.231 e. The lowest BCUT2D eigenvalue weighted by Crippen LogP contribution is -2.47. The van der Waals surface area contributed by atoms with Crippen LogP contribution in [0.3, 0.4) is 0 Å². The molecule has 1 aromatic rings. The topological polar surface area (TPSA) is 72.9 Å². The standard InChI is InChI=1S/C17H23NO5S/c1-17(10-13-3-4-14-15(9-13)23-12-22-14)6-5-16(19)18(11-17)7-8-24(2,20)21/h3-4,9H,5-8,10-12H2,1-2H3. The van der Waals surface area contributed by atoms with Gasteiger partial charge in [0.25, 0.3) is 0 Å². The van der Waals surface area contributed by atoms with E-state index in [0.29, 0.717) is 13.0 Å². The minimum Gasteiger partial charge on any atom is -0.454 e. The van der Waals surface area contributed by atoms with E-state index in [-0.39, 0.29) is 30.4 Å². The van der Waals surface area contributed by atoms with Crippen molar-refractivity contribution in [3.8, 4) is 11.5 Å². The highest BCUT2D eigenvalue weighted by atomic mass is 32.2. The highest BCUT2D eigenvalue weighted by molar-refractivity contribution is 7.90. The Kier molecular flexibility index (Phi) is 4.46. The maximum absolute atomic E-state index is 12.1. The smallest absolute Gasteiger partial charge is 0.231 e. The predicted molar refractivity (Wildman–Crippen MR) is 89.9 cm³/mol. The first-order chi connectivity index (χ1) is 11.2. The molecule has 132 valence electrons. The highest BCUT2D eigenvalue weighted by Crippen LogP contribution is 2.37. The van der Waals surface area contributed by atoms with Gasteiger partial charge in [-0.2, -0.15) is 0 Å². The van der Waals surface area contributed by atoms with Crippen molar-refractivity contribution < 1.29 is 22.7 Å². The van der Waals surface area contributed by atoms with Crippen LogP contribution < -0.4 is 9.47 Å². The number of carbonyl (C=O) groups excluding carboxylic acids is 1. The molecule has 1 unspecified atom stereocenters. The third kappa shape index (κ3) is 4.01. The van der Waals surface area contributed by atoms with E-state index in [4.69, 9.17) is 9.47 Å². The zero-order valence-corrected chi connectivity index (χ0v) is 14.9. The van der Waals surface area contributed by atoms with Crippen LogP contribution in [0.5, 0.6) is 11.5 Å². The van der Waals surface area contributed by atoms with Crippen molar-refractivity contribution in [2.45, 2.75) is 26.2 Å². The Morgan fingerprint density at radius 1 is 1.25 bits per heavy atom. The summed E-state index contributed by atoms with van der Waals surface area (Å²) in [6.45, 7) is 3.26. The van der Waals surface area contributed by atoms with Crippen molar-refractivity contribution in [1.29, 1.82) is 0 Å². The van der Waals surface area contributed by atoms with E-state index in [1.807, 2.05) is 18.2 Å². The van der Waals surface area contributed by atoms with Gasteiger partial charge in [0.05, 0.1) is 5.75 Å². The second-order valence-corrected chi connectivity index (χ2v) is 9.38. The van der Waals surface area contributed by atoms with Crippen LogP contribution in [0.4, 0.5) is 0 Å².